The lowest BCUT2D eigenvalue weighted by Gasteiger charge is -2.17. The van der Waals surface area contributed by atoms with Gasteiger partial charge in [-0.25, -0.2) is 0 Å². The van der Waals surface area contributed by atoms with Crippen LogP contribution in [0, 0.1) is 5.92 Å². The van der Waals surface area contributed by atoms with Crippen LogP contribution < -0.4 is 0 Å². The molecule has 0 radical (unpaired) electrons. The largest absolute Gasteiger partial charge is 0.393 e. The van der Waals surface area contributed by atoms with Crippen molar-refractivity contribution < 1.29 is 9.90 Å². The molecular formula is C24H48O2. The van der Waals surface area contributed by atoms with Crippen LogP contribution in [0.3, 0.4) is 0 Å². The molecule has 2 heteroatoms. The Kier molecular flexibility index (Phi) is 25.9. The van der Waals surface area contributed by atoms with Gasteiger partial charge in [0.1, 0.15) is 6.29 Å². The highest BCUT2D eigenvalue weighted by Gasteiger charge is 2.11. The van der Waals surface area contributed by atoms with E-state index in [1.807, 2.05) is 0 Å². The van der Waals surface area contributed by atoms with Crippen molar-refractivity contribution in [3.63, 3.8) is 0 Å². The van der Waals surface area contributed by atoms with Crippen molar-refractivity contribution in [3.05, 3.63) is 12.2 Å². The third-order valence-corrected chi connectivity index (χ3v) is 4.85. The molecule has 1 N–H and O–H groups in total. The summed E-state index contributed by atoms with van der Waals surface area (Å²) in [5.41, 5.74) is 0. The average molecular weight is 369 g/mol. The van der Waals surface area contributed by atoms with Crippen LogP contribution in [0.4, 0.5) is 0 Å². The average Bonchev–Trinajstić information content (AvgIpc) is 2.65. The van der Waals surface area contributed by atoms with Gasteiger partial charge in [0.2, 0.25) is 0 Å². The first-order valence-electron chi connectivity index (χ1n) is 11.4. The van der Waals surface area contributed by atoms with Crippen LogP contribution in [0.5, 0.6) is 0 Å². The van der Waals surface area contributed by atoms with E-state index in [9.17, 15) is 9.90 Å². The van der Waals surface area contributed by atoms with E-state index < -0.39 is 0 Å². The topological polar surface area (TPSA) is 37.3 Å². The zero-order valence-electron chi connectivity index (χ0n) is 18.3. The van der Waals surface area contributed by atoms with Gasteiger partial charge in [0.15, 0.2) is 0 Å². The summed E-state index contributed by atoms with van der Waals surface area (Å²) >= 11 is 0. The van der Waals surface area contributed by atoms with E-state index in [0.29, 0.717) is 5.92 Å². The van der Waals surface area contributed by atoms with Gasteiger partial charge >= 0.3 is 0 Å². The van der Waals surface area contributed by atoms with Gasteiger partial charge in [0.25, 0.3) is 0 Å². The third-order valence-electron chi connectivity index (χ3n) is 4.85. The number of hydrogen-bond donors (Lipinski definition) is 1. The van der Waals surface area contributed by atoms with E-state index in [-0.39, 0.29) is 6.10 Å². The van der Waals surface area contributed by atoms with Gasteiger partial charge in [0.05, 0.1) is 6.10 Å². The maximum Gasteiger partial charge on any atom is 0.119 e. The number of unbranched alkanes of at least 4 members (excludes halogenated alkanes) is 9. The lowest BCUT2D eigenvalue weighted by Crippen LogP contribution is -2.16. The van der Waals surface area contributed by atoms with Crippen molar-refractivity contribution in [1.29, 1.82) is 0 Å². The highest BCUT2D eigenvalue weighted by Crippen LogP contribution is 2.15. The second kappa shape index (κ2) is 24.4. The van der Waals surface area contributed by atoms with E-state index in [0.717, 1.165) is 44.8 Å². The molecule has 0 aromatic heterocycles. The standard InChI is InChI=1S/C14H26O.C10H22O/c1-2-3-4-5-6-7-8-9-10-11-12-13-14-15;1-4-6-8-10(11)9(3)7-5-2/h3-4,14H,2,5-13H2,1H3;9-11H,4-8H2,1-3H3. The maximum atomic E-state index is 10.1. The highest BCUT2D eigenvalue weighted by molar-refractivity contribution is 5.48. The molecule has 0 saturated heterocycles. The summed E-state index contributed by atoms with van der Waals surface area (Å²) in [5, 5.41) is 9.58. The summed E-state index contributed by atoms with van der Waals surface area (Å²) < 4.78 is 0. The van der Waals surface area contributed by atoms with Crippen molar-refractivity contribution in [2.75, 3.05) is 0 Å². The van der Waals surface area contributed by atoms with Crippen molar-refractivity contribution in [3.8, 4) is 0 Å². The van der Waals surface area contributed by atoms with Crippen LogP contribution in [0.25, 0.3) is 0 Å². The fraction of sp³-hybridized carbons (Fsp3) is 0.875. The SMILES string of the molecule is CCC=CCCCCCCCCCC=O.CCCCC(O)C(C)CCC. The number of hydrogen-bond acceptors (Lipinski definition) is 2. The third kappa shape index (κ3) is 23.4. The molecular weight excluding hydrogens is 320 g/mol. The second-order valence-electron chi connectivity index (χ2n) is 7.57. The summed E-state index contributed by atoms with van der Waals surface area (Å²) in [6, 6.07) is 0. The number of aliphatic hydroxyl groups excluding tert-OH is 1. The number of aldehydes is 1. The number of allylic oxidation sites excluding steroid dienone is 2. The van der Waals surface area contributed by atoms with Crippen LogP contribution in [-0.2, 0) is 4.79 Å². The fourth-order valence-corrected chi connectivity index (χ4v) is 3.00. The van der Waals surface area contributed by atoms with Crippen LogP contribution in [0.1, 0.15) is 124 Å². The molecule has 2 unspecified atom stereocenters. The van der Waals surface area contributed by atoms with Crippen LogP contribution in [0.2, 0.25) is 0 Å². The molecule has 0 spiro atoms. The zero-order chi connectivity index (χ0) is 19.9. The zero-order valence-corrected chi connectivity index (χ0v) is 18.3. The molecule has 0 amide bonds. The van der Waals surface area contributed by atoms with Gasteiger partial charge in [-0.3, -0.25) is 0 Å². The quantitative estimate of drug-likeness (QED) is 0.163. The molecule has 26 heavy (non-hydrogen) atoms. The molecule has 0 rings (SSSR count). The Hall–Kier alpha value is -0.630. The molecule has 0 aliphatic heterocycles. The van der Waals surface area contributed by atoms with E-state index >= 15 is 0 Å². The Morgan fingerprint density at radius 2 is 1.31 bits per heavy atom. The lowest BCUT2D eigenvalue weighted by atomic mass is 9.95. The Balaban J connectivity index is 0. The van der Waals surface area contributed by atoms with Gasteiger partial charge in [0, 0.05) is 6.42 Å². The fourth-order valence-electron chi connectivity index (χ4n) is 3.00. The van der Waals surface area contributed by atoms with Crippen molar-refractivity contribution in [2.45, 2.75) is 130 Å². The normalized spacial score (nSPS) is 13.3. The molecule has 2 nitrogen and oxygen atoms in total. The second-order valence-corrected chi connectivity index (χ2v) is 7.57. The monoisotopic (exact) mass is 368 g/mol. The van der Waals surface area contributed by atoms with Crippen molar-refractivity contribution >= 4 is 6.29 Å². The summed E-state index contributed by atoms with van der Waals surface area (Å²) in [5.74, 6) is 0.492. The first kappa shape index (κ1) is 27.6. The molecule has 0 heterocycles. The molecule has 0 aliphatic rings. The number of aliphatic hydroxyl groups is 1. The van der Waals surface area contributed by atoms with E-state index in [1.54, 1.807) is 0 Å². The maximum absolute atomic E-state index is 10.1. The molecule has 0 fully saturated rings. The van der Waals surface area contributed by atoms with Gasteiger partial charge in [-0.1, -0.05) is 91.2 Å². The van der Waals surface area contributed by atoms with E-state index in [4.69, 9.17) is 0 Å². The van der Waals surface area contributed by atoms with Gasteiger partial charge in [-0.15, -0.1) is 0 Å². The minimum absolute atomic E-state index is 0.0603. The number of carbonyl (C=O) groups excluding carboxylic acids is 1. The van der Waals surface area contributed by atoms with Crippen LogP contribution >= 0.6 is 0 Å². The molecule has 2 atom stereocenters. The highest BCUT2D eigenvalue weighted by atomic mass is 16.3. The van der Waals surface area contributed by atoms with Crippen LogP contribution in [-0.4, -0.2) is 17.5 Å². The Morgan fingerprint density at radius 1 is 0.731 bits per heavy atom. The summed E-state index contributed by atoms with van der Waals surface area (Å²) in [6.07, 6.45) is 23.4. The summed E-state index contributed by atoms with van der Waals surface area (Å²) in [6.45, 7) is 8.65. The molecule has 0 bridgehead atoms. The minimum Gasteiger partial charge on any atom is -0.393 e. The van der Waals surface area contributed by atoms with Gasteiger partial charge in [-0.05, 0) is 44.4 Å². The first-order chi connectivity index (χ1) is 12.6. The van der Waals surface area contributed by atoms with Gasteiger partial charge < -0.3 is 9.90 Å². The molecule has 0 aromatic carbocycles. The summed E-state index contributed by atoms with van der Waals surface area (Å²) in [7, 11) is 0. The number of carbonyl (C=O) groups is 1. The van der Waals surface area contributed by atoms with Gasteiger partial charge in [-0.2, -0.15) is 0 Å². The predicted molar refractivity (Wildman–Crippen MR) is 117 cm³/mol. The van der Waals surface area contributed by atoms with Crippen molar-refractivity contribution in [1.82, 2.24) is 0 Å². The first-order valence-corrected chi connectivity index (χ1v) is 11.4. The Labute approximate surface area is 164 Å². The molecule has 0 aromatic rings. The minimum atomic E-state index is -0.0603. The van der Waals surface area contributed by atoms with Crippen molar-refractivity contribution in [2.24, 2.45) is 5.92 Å². The molecule has 156 valence electrons. The predicted octanol–water partition coefficient (Wildman–Crippen LogP) is 7.64. The summed E-state index contributed by atoms with van der Waals surface area (Å²) in [4.78, 5) is 10.1. The molecule has 0 saturated carbocycles. The smallest absolute Gasteiger partial charge is 0.119 e. The number of rotatable bonds is 17. The Bertz CT molecular complexity index is 286. The van der Waals surface area contributed by atoms with Crippen LogP contribution in [0.15, 0.2) is 12.2 Å². The lowest BCUT2D eigenvalue weighted by molar-refractivity contribution is -0.107. The van der Waals surface area contributed by atoms with E-state index in [2.05, 4.69) is 39.8 Å². The van der Waals surface area contributed by atoms with E-state index in [1.165, 1.54) is 57.8 Å². The molecule has 0 aliphatic carbocycles. The Morgan fingerprint density at radius 3 is 1.81 bits per heavy atom.